The van der Waals surface area contributed by atoms with Gasteiger partial charge in [-0.05, 0) is 73.5 Å². The number of hydrogen-bond acceptors (Lipinski definition) is 2. The fraction of sp³-hybridized carbons (Fsp3) is 0. The Morgan fingerprint density at radius 3 is 1.64 bits per heavy atom. The van der Waals surface area contributed by atoms with Crippen LogP contribution in [0, 0.1) is 11.3 Å². The number of nitriles is 1. The van der Waals surface area contributed by atoms with Crippen LogP contribution in [0.5, 0.6) is 0 Å². The number of fused-ring (bicyclic) bond motifs is 6. The number of benzene rings is 7. The van der Waals surface area contributed by atoms with Crippen molar-refractivity contribution in [1.29, 1.82) is 5.26 Å². The topological polar surface area (TPSA) is 36.9 Å². The Morgan fingerprint density at radius 2 is 0.974 bits per heavy atom. The van der Waals surface area contributed by atoms with E-state index in [1.807, 2.05) is 30.3 Å². The predicted molar refractivity (Wildman–Crippen MR) is 162 cm³/mol. The van der Waals surface area contributed by atoms with E-state index in [1.165, 1.54) is 32.7 Å². The van der Waals surface area contributed by atoms with Gasteiger partial charge in [0.05, 0.1) is 11.6 Å². The van der Waals surface area contributed by atoms with Crippen molar-refractivity contribution in [2.24, 2.45) is 0 Å². The predicted octanol–water partition coefficient (Wildman–Crippen LogP) is 10.3. The fourth-order valence-electron chi connectivity index (χ4n) is 6.23. The molecule has 0 atom stereocenters. The van der Waals surface area contributed by atoms with E-state index in [9.17, 15) is 5.26 Å². The molecular weight excluding hydrogens is 474 g/mol. The average Bonchev–Trinajstić information content (AvgIpc) is 3.37. The lowest BCUT2D eigenvalue weighted by Crippen LogP contribution is -1.92. The fourth-order valence-corrected chi connectivity index (χ4v) is 6.23. The minimum absolute atomic E-state index is 0.695. The second-order valence-electron chi connectivity index (χ2n) is 9.97. The van der Waals surface area contributed by atoms with Gasteiger partial charge in [-0.1, -0.05) is 103 Å². The van der Waals surface area contributed by atoms with Crippen molar-refractivity contribution in [2.75, 3.05) is 0 Å². The zero-order valence-corrected chi connectivity index (χ0v) is 21.0. The molecule has 0 fully saturated rings. The molecule has 7 aromatic carbocycles. The third kappa shape index (κ3) is 3.14. The largest absolute Gasteiger partial charge is 0.456 e. The van der Waals surface area contributed by atoms with Gasteiger partial charge in [-0.2, -0.15) is 5.26 Å². The normalized spacial score (nSPS) is 11.6. The molecule has 8 rings (SSSR count). The highest BCUT2D eigenvalue weighted by atomic mass is 16.3. The number of hydrogen-bond donors (Lipinski definition) is 0. The van der Waals surface area contributed by atoms with Gasteiger partial charge in [0.15, 0.2) is 0 Å². The van der Waals surface area contributed by atoms with Gasteiger partial charge in [0, 0.05) is 16.2 Å². The van der Waals surface area contributed by atoms with E-state index < -0.39 is 0 Å². The first-order valence-electron chi connectivity index (χ1n) is 13.1. The van der Waals surface area contributed by atoms with Gasteiger partial charge in [0.25, 0.3) is 0 Å². The maximum Gasteiger partial charge on any atom is 0.135 e. The Labute approximate surface area is 225 Å². The number of nitrogens with zero attached hydrogens (tertiary/aromatic N) is 1. The standard InChI is InChI=1S/C37H21NO/c38-22-24-17-19-32(26-10-2-1-9-25(24)26)37-30-14-5-3-12-28(30)36(29-13-4-6-15-31(29)37)23-18-20-35-33(21-23)27-11-7-8-16-34(27)39-35/h1-21H. The number of furan rings is 1. The second kappa shape index (κ2) is 8.31. The van der Waals surface area contributed by atoms with Crippen LogP contribution >= 0.6 is 0 Å². The monoisotopic (exact) mass is 495 g/mol. The van der Waals surface area contributed by atoms with Crippen molar-refractivity contribution in [3.05, 3.63) is 133 Å². The maximum absolute atomic E-state index is 9.77. The van der Waals surface area contributed by atoms with Gasteiger partial charge in [-0.15, -0.1) is 0 Å². The SMILES string of the molecule is N#Cc1ccc(-c2c3ccccc3c(-c3ccc4oc5ccccc5c4c3)c3ccccc23)c2ccccc12. The third-order valence-electron chi connectivity index (χ3n) is 7.91. The molecule has 0 spiro atoms. The Hall–Kier alpha value is -5.39. The van der Waals surface area contributed by atoms with E-state index in [0.717, 1.165) is 43.8 Å². The summed E-state index contributed by atoms with van der Waals surface area (Å²) in [5, 5.41) is 18.9. The summed E-state index contributed by atoms with van der Waals surface area (Å²) in [5.74, 6) is 0. The Balaban J connectivity index is 1.51. The highest BCUT2D eigenvalue weighted by Gasteiger charge is 2.19. The van der Waals surface area contributed by atoms with Crippen molar-refractivity contribution in [2.45, 2.75) is 0 Å². The van der Waals surface area contributed by atoms with Crippen molar-refractivity contribution in [3.8, 4) is 28.3 Å². The van der Waals surface area contributed by atoms with E-state index in [1.54, 1.807) is 0 Å². The molecular formula is C37H21NO. The lowest BCUT2D eigenvalue weighted by Gasteiger charge is -2.19. The van der Waals surface area contributed by atoms with Crippen LogP contribution in [0.25, 0.3) is 76.5 Å². The Morgan fingerprint density at radius 1 is 0.436 bits per heavy atom. The molecule has 2 heteroatoms. The van der Waals surface area contributed by atoms with E-state index in [4.69, 9.17) is 4.42 Å². The van der Waals surface area contributed by atoms with Crippen LogP contribution in [-0.2, 0) is 0 Å². The van der Waals surface area contributed by atoms with E-state index >= 15 is 0 Å². The van der Waals surface area contributed by atoms with Gasteiger partial charge < -0.3 is 4.42 Å². The van der Waals surface area contributed by atoms with E-state index in [0.29, 0.717) is 5.56 Å². The lowest BCUT2D eigenvalue weighted by atomic mass is 9.84. The Bertz CT molecular complexity index is 2240. The molecule has 8 aromatic rings. The molecule has 2 nitrogen and oxygen atoms in total. The van der Waals surface area contributed by atoms with Crippen LogP contribution in [0.4, 0.5) is 0 Å². The van der Waals surface area contributed by atoms with Crippen molar-refractivity contribution < 1.29 is 4.42 Å². The van der Waals surface area contributed by atoms with E-state index in [2.05, 4.69) is 103 Å². The lowest BCUT2D eigenvalue weighted by molar-refractivity contribution is 0.669. The summed E-state index contributed by atoms with van der Waals surface area (Å²) >= 11 is 0. The zero-order valence-electron chi connectivity index (χ0n) is 21.0. The zero-order chi connectivity index (χ0) is 25.9. The maximum atomic E-state index is 9.77. The molecule has 180 valence electrons. The summed E-state index contributed by atoms with van der Waals surface area (Å²) in [6.45, 7) is 0. The molecule has 0 saturated heterocycles. The van der Waals surface area contributed by atoms with Crippen molar-refractivity contribution in [1.82, 2.24) is 0 Å². The molecule has 0 aliphatic heterocycles. The van der Waals surface area contributed by atoms with Gasteiger partial charge in [0.2, 0.25) is 0 Å². The molecule has 1 aromatic heterocycles. The minimum atomic E-state index is 0.695. The van der Waals surface area contributed by atoms with Crippen molar-refractivity contribution >= 4 is 54.3 Å². The molecule has 39 heavy (non-hydrogen) atoms. The molecule has 0 radical (unpaired) electrons. The van der Waals surface area contributed by atoms with Crippen LogP contribution in [0.15, 0.2) is 132 Å². The van der Waals surface area contributed by atoms with Gasteiger partial charge in [-0.25, -0.2) is 0 Å². The molecule has 0 bridgehead atoms. The molecule has 0 aliphatic rings. The molecule has 0 aliphatic carbocycles. The Kier molecular flexibility index (Phi) is 4.62. The van der Waals surface area contributed by atoms with Crippen LogP contribution in [0.2, 0.25) is 0 Å². The highest BCUT2D eigenvalue weighted by Crippen LogP contribution is 2.46. The summed E-state index contributed by atoms with van der Waals surface area (Å²) in [6, 6.07) is 46.8. The summed E-state index contributed by atoms with van der Waals surface area (Å²) in [6.07, 6.45) is 0. The number of para-hydroxylation sites is 1. The highest BCUT2D eigenvalue weighted by molar-refractivity contribution is 6.24. The molecule has 0 saturated carbocycles. The van der Waals surface area contributed by atoms with Crippen LogP contribution < -0.4 is 0 Å². The second-order valence-corrected chi connectivity index (χ2v) is 9.97. The van der Waals surface area contributed by atoms with Crippen molar-refractivity contribution in [3.63, 3.8) is 0 Å². The molecule has 0 amide bonds. The van der Waals surface area contributed by atoms with Gasteiger partial charge in [0.1, 0.15) is 11.2 Å². The first-order chi connectivity index (χ1) is 19.3. The smallest absolute Gasteiger partial charge is 0.135 e. The van der Waals surface area contributed by atoms with Gasteiger partial charge >= 0.3 is 0 Å². The minimum Gasteiger partial charge on any atom is -0.456 e. The average molecular weight is 496 g/mol. The van der Waals surface area contributed by atoms with E-state index in [-0.39, 0.29) is 0 Å². The van der Waals surface area contributed by atoms with Crippen LogP contribution in [-0.4, -0.2) is 0 Å². The molecule has 1 heterocycles. The van der Waals surface area contributed by atoms with Crippen LogP contribution in [0.3, 0.4) is 0 Å². The summed E-state index contributed by atoms with van der Waals surface area (Å²) in [5.41, 5.74) is 7.21. The molecule has 0 N–H and O–H groups in total. The third-order valence-corrected chi connectivity index (χ3v) is 7.91. The molecule has 0 unspecified atom stereocenters. The first kappa shape index (κ1) is 21.7. The summed E-state index contributed by atoms with van der Waals surface area (Å²) in [7, 11) is 0. The quantitative estimate of drug-likeness (QED) is 0.224. The van der Waals surface area contributed by atoms with Crippen LogP contribution in [0.1, 0.15) is 5.56 Å². The number of rotatable bonds is 2. The summed E-state index contributed by atoms with van der Waals surface area (Å²) < 4.78 is 6.13. The first-order valence-corrected chi connectivity index (χ1v) is 13.1. The van der Waals surface area contributed by atoms with Gasteiger partial charge in [-0.3, -0.25) is 0 Å². The summed E-state index contributed by atoms with van der Waals surface area (Å²) in [4.78, 5) is 0.